The molecule has 0 aromatic heterocycles. The van der Waals surface area contributed by atoms with Gasteiger partial charge in [-0.15, -0.1) is 0 Å². The van der Waals surface area contributed by atoms with E-state index >= 15 is 0 Å². The minimum atomic E-state index is -2.12. The van der Waals surface area contributed by atoms with Crippen LogP contribution < -0.4 is 0 Å². The maximum atomic E-state index is 5.79. The standard InChI is InChI=1S/C9H12ClO2PS3/c1-11-13(14,15-2)12-7-16-9-5-3-8(10)4-6-9/h3-6H,7H2,1-2H3. The van der Waals surface area contributed by atoms with Crippen LogP contribution >= 0.6 is 40.4 Å². The summed E-state index contributed by atoms with van der Waals surface area (Å²) in [6, 6.07) is 7.60. The summed E-state index contributed by atoms with van der Waals surface area (Å²) < 4.78 is 10.7. The maximum absolute atomic E-state index is 5.79. The van der Waals surface area contributed by atoms with Crippen LogP contribution in [0.25, 0.3) is 0 Å². The van der Waals surface area contributed by atoms with Gasteiger partial charge in [0.05, 0.1) is 0 Å². The highest BCUT2D eigenvalue weighted by atomic mass is 35.5. The first-order valence-corrected chi connectivity index (χ1v) is 10.2. The van der Waals surface area contributed by atoms with Crippen LogP contribution in [-0.4, -0.2) is 19.3 Å². The van der Waals surface area contributed by atoms with Gasteiger partial charge in [-0.05, 0) is 42.3 Å². The van der Waals surface area contributed by atoms with Crippen LogP contribution in [0, 0.1) is 0 Å². The van der Waals surface area contributed by atoms with Crippen molar-refractivity contribution >= 4 is 52.2 Å². The summed E-state index contributed by atoms with van der Waals surface area (Å²) in [4.78, 5) is 1.10. The summed E-state index contributed by atoms with van der Waals surface area (Å²) in [7, 11) is 1.59. The second-order valence-electron chi connectivity index (χ2n) is 2.66. The molecule has 2 nitrogen and oxygen atoms in total. The van der Waals surface area contributed by atoms with E-state index < -0.39 is 5.69 Å². The molecule has 7 heteroatoms. The average molecular weight is 315 g/mol. The first kappa shape index (κ1) is 14.8. The minimum Gasteiger partial charge on any atom is -0.325 e. The van der Waals surface area contributed by atoms with E-state index in [1.165, 1.54) is 11.4 Å². The van der Waals surface area contributed by atoms with E-state index in [1.54, 1.807) is 18.9 Å². The third-order valence-electron chi connectivity index (χ3n) is 1.70. The van der Waals surface area contributed by atoms with Crippen LogP contribution in [0.2, 0.25) is 5.02 Å². The lowest BCUT2D eigenvalue weighted by Crippen LogP contribution is -1.88. The zero-order valence-corrected chi connectivity index (χ0v) is 13.0. The normalized spacial score (nSPS) is 14.7. The van der Waals surface area contributed by atoms with Crippen LogP contribution in [-0.2, 0) is 20.9 Å². The summed E-state index contributed by atoms with van der Waals surface area (Å²) >= 11 is 14.1. The molecule has 0 aliphatic rings. The van der Waals surface area contributed by atoms with Crippen LogP contribution in [0.15, 0.2) is 29.2 Å². The van der Waals surface area contributed by atoms with Gasteiger partial charge in [0, 0.05) is 17.0 Å². The van der Waals surface area contributed by atoms with Crippen molar-refractivity contribution in [2.24, 2.45) is 0 Å². The van der Waals surface area contributed by atoms with Gasteiger partial charge in [0.2, 0.25) is 5.69 Å². The van der Waals surface area contributed by atoms with Gasteiger partial charge in [-0.2, -0.15) is 0 Å². The summed E-state index contributed by atoms with van der Waals surface area (Å²) in [6.45, 7) is 0. The highest BCUT2D eigenvalue weighted by Gasteiger charge is 2.14. The van der Waals surface area contributed by atoms with E-state index in [0.717, 1.165) is 9.92 Å². The molecule has 0 bridgehead atoms. The monoisotopic (exact) mass is 314 g/mol. The molecular formula is C9H12ClO2PS3. The van der Waals surface area contributed by atoms with E-state index in [0.29, 0.717) is 5.94 Å². The Kier molecular flexibility index (Phi) is 6.74. The molecule has 1 aromatic rings. The summed E-state index contributed by atoms with van der Waals surface area (Å²) in [6.07, 6.45) is 1.90. The largest absolute Gasteiger partial charge is 0.325 e. The van der Waals surface area contributed by atoms with E-state index in [2.05, 4.69) is 0 Å². The molecule has 1 rings (SSSR count). The molecule has 0 radical (unpaired) electrons. The lowest BCUT2D eigenvalue weighted by atomic mass is 10.4. The van der Waals surface area contributed by atoms with Gasteiger partial charge in [0.1, 0.15) is 5.94 Å². The first-order valence-electron chi connectivity index (χ1n) is 4.34. The van der Waals surface area contributed by atoms with Crippen molar-refractivity contribution in [2.45, 2.75) is 4.90 Å². The van der Waals surface area contributed by atoms with E-state index in [9.17, 15) is 0 Å². The van der Waals surface area contributed by atoms with Crippen molar-refractivity contribution in [1.29, 1.82) is 0 Å². The maximum Gasteiger partial charge on any atom is 0.247 e. The summed E-state index contributed by atoms with van der Waals surface area (Å²) in [5.74, 6) is 0.494. The Labute approximate surface area is 114 Å². The topological polar surface area (TPSA) is 18.5 Å². The highest BCUT2D eigenvalue weighted by Crippen LogP contribution is 2.59. The fraction of sp³-hybridized carbons (Fsp3) is 0.333. The molecule has 0 saturated heterocycles. The fourth-order valence-electron chi connectivity index (χ4n) is 0.870. The Bertz CT molecular complexity index is 364. The van der Waals surface area contributed by atoms with Gasteiger partial charge >= 0.3 is 0 Å². The van der Waals surface area contributed by atoms with E-state index in [4.69, 9.17) is 32.5 Å². The zero-order valence-electron chi connectivity index (χ0n) is 8.88. The van der Waals surface area contributed by atoms with Gasteiger partial charge in [0.15, 0.2) is 0 Å². The zero-order chi connectivity index (χ0) is 12.0. The van der Waals surface area contributed by atoms with Crippen molar-refractivity contribution in [3.63, 3.8) is 0 Å². The third-order valence-corrected chi connectivity index (χ3v) is 8.52. The Balaban J connectivity index is 2.41. The van der Waals surface area contributed by atoms with Crippen molar-refractivity contribution < 1.29 is 9.05 Å². The molecule has 0 aliphatic heterocycles. The molecule has 0 saturated carbocycles. The molecule has 0 heterocycles. The number of hydrogen-bond donors (Lipinski definition) is 0. The van der Waals surface area contributed by atoms with Crippen LogP contribution in [0.5, 0.6) is 0 Å². The lowest BCUT2D eigenvalue weighted by molar-refractivity contribution is 0.342. The van der Waals surface area contributed by atoms with Gasteiger partial charge in [-0.1, -0.05) is 34.7 Å². The SMILES string of the molecule is COP(=S)(OCSc1ccc(Cl)cc1)SC. The lowest BCUT2D eigenvalue weighted by Gasteiger charge is -2.16. The van der Waals surface area contributed by atoms with E-state index in [-0.39, 0.29) is 0 Å². The summed E-state index contributed by atoms with van der Waals surface area (Å²) in [5.41, 5.74) is -2.12. The Morgan fingerprint density at radius 2 is 2.00 bits per heavy atom. The van der Waals surface area contributed by atoms with Gasteiger partial charge in [-0.25, -0.2) is 0 Å². The van der Waals surface area contributed by atoms with E-state index in [1.807, 2.05) is 30.5 Å². The highest BCUT2D eigenvalue weighted by molar-refractivity contribution is 8.67. The van der Waals surface area contributed by atoms with Gasteiger partial charge in [-0.3, -0.25) is 0 Å². The number of thioether (sulfide) groups is 1. The van der Waals surface area contributed by atoms with Crippen molar-refractivity contribution in [3.8, 4) is 0 Å². The predicted molar refractivity (Wildman–Crippen MR) is 78.1 cm³/mol. The summed E-state index contributed by atoms with van der Waals surface area (Å²) in [5, 5.41) is 0.733. The smallest absolute Gasteiger partial charge is 0.247 e. The molecule has 0 fully saturated rings. The van der Waals surface area contributed by atoms with Crippen LogP contribution in [0.1, 0.15) is 0 Å². The fourth-order valence-corrected chi connectivity index (χ4v) is 4.09. The molecule has 0 N–H and O–H groups in total. The predicted octanol–water partition coefficient (Wildman–Crippen LogP) is 4.64. The molecule has 90 valence electrons. The molecule has 0 amide bonds. The molecule has 16 heavy (non-hydrogen) atoms. The molecule has 1 aromatic carbocycles. The molecule has 1 atom stereocenters. The Morgan fingerprint density at radius 3 is 2.50 bits per heavy atom. The molecular weight excluding hydrogens is 303 g/mol. The molecule has 0 aliphatic carbocycles. The first-order chi connectivity index (χ1) is 7.59. The Morgan fingerprint density at radius 1 is 1.38 bits per heavy atom. The second-order valence-corrected chi connectivity index (χ2v) is 10.6. The quantitative estimate of drug-likeness (QED) is 0.431. The number of rotatable bonds is 6. The number of benzene rings is 1. The van der Waals surface area contributed by atoms with Crippen LogP contribution in [0.3, 0.4) is 0 Å². The second kappa shape index (κ2) is 7.27. The average Bonchev–Trinajstić information content (AvgIpc) is 2.31. The third kappa shape index (κ3) is 4.96. The number of hydrogen-bond acceptors (Lipinski definition) is 5. The Hall–Kier alpha value is 0.780. The molecule has 1 unspecified atom stereocenters. The van der Waals surface area contributed by atoms with Crippen LogP contribution in [0.4, 0.5) is 0 Å². The minimum absolute atomic E-state index is 0.494. The van der Waals surface area contributed by atoms with Crippen molar-refractivity contribution in [2.75, 3.05) is 19.3 Å². The number of halogens is 1. The van der Waals surface area contributed by atoms with Crippen molar-refractivity contribution in [1.82, 2.24) is 0 Å². The van der Waals surface area contributed by atoms with Gasteiger partial charge < -0.3 is 9.05 Å². The molecule has 0 spiro atoms. The van der Waals surface area contributed by atoms with Gasteiger partial charge in [0.25, 0.3) is 0 Å². The van der Waals surface area contributed by atoms with Crippen molar-refractivity contribution in [3.05, 3.63) is 29.3 Å².